The lowest BCUT2D eigenvalue weighted by molar-refractivity contribution is 0.303. The van der Waals surface area contributed by atoms with E-state index in [0.29, 0.717) is 10.0 Å². The normalized spacial score (nSPS) is 15.4. The van der Waals surface area contributed by atoms with E-state index in [1.54, 1.807) is 0 Å². The fourth-order valence-electron chi connectivity index (χ4n) is 2.00. The summed E-state index contributed by atoms with van der Waals surface area (Å²) >= 11 is 11.1. The van der Waals surface area contributed by atoms with Crippen molar-refractivity contribution < 1.29 is 0 Å². The van der Waals surface area contributed by atoms with Crippen molar-refractivity contribution in [3.63, 3.8) is 0 Å². The van der Waals surface area contributed by atoms with E-state index >= 15 is 0 Å². The molecular formula is C13H17ClN2S. The summed E-state index contributed by atoms with van der Waals surface area (Å²) in [4.78, 5) is 0.382. The van der Waals surface area contributed by atoms with Gasteiger partial charge in [0.15, 0.2) is 0 Å². The van der Waals surface area contributed by atoms with Gasteiger partial charge in [-0.15, -0.1) is 0 Å². The van der Waals surface area contributed by atoms with Crippen LogP contribution in [0.5, 0.6) is 0 Å². The van der Waals surface area contributed by atoms with Gasteiger partial charge in [0.2, 0.25) is 0 Å². The maximum atomic E-state index is 6.16. The van der Waals surface area contributed by atoms with Crippen LogP contribution in [0.3, 0.4) is 0 Å². The van der Waals surface area contributed by atoms with Gasteiger partial charge >= 0.3 is 0 Å². The first kappa shape index (κ1) is 12.7. The first-order chi connectivity index (χ1) is 8.16. The Morgan fingerprint density at radius 2 is 2.24 bits per heavy atom. The molecule has 0 atom stereocenters. The molecule has 0 aromatic heterocycles. The summed E-state index contributed by atoms with van der Waals surface area (Å²) in [5.74, 6) is 0.914. The molecule has 0 bridgehead atoms. The Morgan fingerprint density at radius 3 is 2.76 bits per heavy atom. The summed E-state index contributed by atoms with van der Waals surface area (Å²) in [5.41, 5.74) is 7.33. The van der Waals surface area contributed by atoms with Gasteiger partial charge in [-0.2, -0.15) is 0 Å². The first-order valence-electron chi connectivity index (χ1n) is 6.00. The minimum Gasteiger partial charge on any atom is -0.389 e. The van der Waals surface area contributed by atoms with Crippen molar-refractivity contribution >= 4 is 34.5 Å². The van der Waals surface area contributed by atoms with E-state index in [1.807, 2.05) is 18.2 Å². The van der Waals surface area contributed by atoms with Gasteiger partial charge in [-0.25, -0.2) is 0 Å². The molecule has 0 aliphatic heterocycles. The average molecular weight is 269 g/mol. The summed E-state index contributed by atoms with van der Waals surface area (Å²) < 4.78 is 0. The zero-order valence-electron chi connectivity index (χ0n) is 9.71. The molecule has 1 aromatic rings. The Labute approximate surface area is 113 Å². The van der Waals surface area contributed by atoms with Crippen molar-refractivity contribution in [3.8, 4) is 0 Å². The second-order valence-electron chi connectivity index (χ2n) is 4.57. The lowest BCUT2D eigenvalue weighted by Gasteiger charge is -2.25. The Balaban J connectivity index is 1.89. The molecule has 1 aliphatic rings. The second-order valence-corrected chi connectivity index (χ2v) is 5.42. The molecule has 0 radical (unpaired) electrons. The molecule has 2 nitrogen and oxygen atoms in total. The number of nitrogens with two attached hydrogens (primary N) is 1. The first-order valence-corrected chi connectivity index (χ1v) is 6.78. The van der Waals surface area contributed by atoms with E-state index in [0.717, 1.165) is 23.7 Å². The van der Waals surface area contributed by atoms with Crippen LogP contribution < -0.4 is 11.1 Å². The number of halogens is 1. The fourth-order valence-corrected chi connectivity index (χ4v) is 2.38. The Bertz CT molecular complexity index is 416. The highest BCUT2D eigenvalue weighted by molar-refractivity contribution is 7.80. The van der Waals surface area contributed by atoms with Crippen molar-refractivity contribution in [2.75, 3.05) is 11.9 Å². The molecule has 1 aliphatic carbocycles. The zero-order valence-corrected chi connectivity index (χ0v) is 11.3. The molecule has 92 valence electrons. The van der Waals surface area contributed by atoms with E-state index < -0.39 is 0 Å². The summed E-state index contributed by atoms with van der Waals surface area (Å²) in [5, 5.41) is 4.05. The molecule has 0 saturated heterocycles. The standard InChI is InChI=1S/C13H17ClN2S/c14-11-8-10(13(15)17)4-5-12(11)16-7-6-9-2-1-3-9/h4-5,8-9,16H,1-3,6-7H2,(H2,15,17). The van der Waals surface area contributed by atoms with E-state index in [4.69, 9.17) is 29.6 Å². The molecule has 2 rings (SSSR count). The minimum atomic E-state index is 0.382. The summed E-state index contributed by atoms with van der Waals surface area (Å²) in [6.45, 7) is 0.983. The highest BCUT2D eigenvalue weighted by Gasteiger charge is 2.16. The number of thiocarbonyl (C=S) groups is 1. The van der Waals surface area contributed by atoms with Crippen LogP contribution in [0.25, 0.3) is 0 Å². The van der Waals surface area contributed by atoms with Crippen LogP contribution in [0.1, 0.15) is 31.2 Å². The molecule has 4 heteroatoms. The van der Waals surface area contributed by atoms with Crippen molar-refractivity contribution in [3.05, 3.63) is 28.8 Å². The van der Waals surface area contributed by atoms with Gasteiger partial charge in [0.1, 0.15) is 4.99 Å². The molecule has 1 aromatic carbocycles. The third kappa shape index (κ3) is 3.33. The number of rotatable bonds is 5. The number of hydrogen-bond donors (Lipinski definition) is 2. The highest BCUT2D eigenvalue weighted by atomic mass is 35.5. The number of benzene rings is 1. The van der Waals surface area contributed by atoms with Crippen LogP contribution in [0.2, 0.25) is 5.02 Å². The minimum absolute atomic E-state index is 0.382. The average Bonchev–Trinajstić information content (AvgIpc) is 2.23. The van der Waals surface area contributed by atoms with Crippen molar-refractivity contribution in [2.45, 2.75) is 25.7 Å². The largest absolute Gasteiger partial charge is 0.389 e. The molecule has 17 heavy (non-hydrogen) atoms. The van der Waals surface area contributed by atoms with Gasteiger partial charge in [0, 0.05) is 12.1 Å². The number of nitrogens with one attached hydrogen (secondary N) is 1. The summed E-state index contributed by atoms with van der Waals surface area (Å²) in [6.07, 6.45) is 5.40. The van der Waals surface area contributed by atoms with Gasteiger partial charge in [-0.05, 0) is 30.5 Å². The predicted molar refractivity (Wildman–Crippen MR) is 77.8 cm³/mol. The van der Waals surface area contributed by atoms with E-state index in [9.17, 15) is 0 Å². The molecule has 1 fully saturated rings. The Morgan fingerprint density at radius 1 is 1.47 bits per heavy atom. The summed E-state index contributed by atoms with van der Waals surface area (Å²) in [6, 6.07) is 5.66. The van der Waals surface area contributed by atoms with Crippen LogP contribution in [0, 0.1) is 5.92 Å². The quantitative estimate of drug-likeness (QED) is 0.802. The topological polar surface area (TPSA) is 38.0 Å². The van der Waals surface area contributed by atoms with Crippen LogP contribution in [-0.4, -0.2) is 11.5 Å². The third-order valence-electron chi connectivity index (χ3n) is 3.35. The molecule has 0 spiro atoms. The van der Waals surface area contributed by atoms with Crippen LogP contribution in [0.4, 0.5) is 5.69 Å². The lowest BCUT2D eigenvalue weighted by atomic mass is 9.83. The molecule has 0 heterocycles. The molecular weight excluding hydrogens is 252 g/mol. The number of anilines is 1. The molecule has 0 amide bonds. The van der Waals surface area contributed by atoms with Gasteiger partial charge in [0.05, 0.1) is 10.7 Å². The molecule has 1 saturated carbocycles. The SMILES string of the molecule is NC(=S)c1ccc(NCCC2CCC2)c(Cl)c1. The maximum absolute atomic E-state index is 6.16. The summed E-state index contributed by atoms with van der Waals surface area (Å²) in [7, 11) is 0. The highest BCUT2D eigenvalue weighted by Crippen LogP contribution is 2.30. The predicted octanol–water partition coefficient (Wildman–Crippen LogP) is 3.58. The molecule has 0 unspecified atom stereocenters. The van der Waals surface area contributed by atoms with Crippen molar-refractivity contribution in [1.82, 2.24) is 0 Å². The fraction of sp³-hybridized carbons (Fsp3) is 0.462. The number of hydrogen-bond acceptors (Lipinski definition) is 2. The van der Waals surface area contributed by atoms with E-state index in [-0.39, 0.29) is 0 Å². The maximum Gasteiger partial charge on any atom is 0.104 e. The van der Waals surface area contributed by atoms with Crippen molar-refractivity contribution in [2.24, 2.45) is 11.7 Å². The molecule has 3 N–H and O–H groups in total. The van der Waals surface area contributed by atoms with Gasteiger partial charge in [-0.3, -0.25) is 0 Å². The van der Waals surface area contributed by atoms with Crippen LogP contribution in [0.15, 0.2) is 18.2 Å². The third-order valence-corrected chi connectivity index (χ3v) is 3.89. The Kier molecular flexibility index (Phi) is 4.24. The zero-order chi connectivity index (χ0) is 12.3. The van der Waals surface area contributed by atoms with Crippen LogP contribution in [-0.2, 0) is 0 Å². The van der Waals surface area contributed by atoms with E-state index in [2.05, 4.69) is 5.32 Å². The lowest BCUT2D eigenvalue weighted by Crippen LogP contribution is -2.16. The van der Waals surface area contributed by atoms with Crippen molar-refractivity contribution in [1.29, 1.82) is 0 Å². The van der Waals surface area contributed by atoms with E-state index in [1.165, 1.54) is 25.7 Å². The second kappa shape index (κ2) is 5.69. The van der Waals surface area contributed by atoms with Gasteiger partial charge < -0.3 is 11.1 Å². The van der Waals surface area contributed by atoms with Crippen LogP contribution >= 0.6 is 23.8 Å². The van der Waals surface area contributed by atoms with Gasteiger partial charge in [-0.1, -0.05) is 43.1 Å². The Hall–Kier alpha value is -0.800. The monoisotopic (exact) mass is 268 g/mol. The smallest absolute Gasteiger partial charge is 0.104 e. The van der Waals surface area contributed by atoms with Gasteiger partial charge in [0.25, 0.3) is 0 Å².